The van der Waals surface area contributed by atoms with Crippen molar-refractivity contribution in [3.63, 3.8) is 0 Å². The number of rotatable bonds is 6. The normalized spacial score (nSPS) is 10.2. The molecule has 0 radical (unpaired) electrons. The number of para-hydroxylation sites is 1. The minimum absolute atomic E-state index is 0.0767. The van der Waals surface area contributed by atoms with Crippen molar-refractivity contribution in [3.05, 3.63) is 64.6 Å². The summed E-state index contributed by atoms with van der Waals surface area (Å²) in [4.78, 5) is 25.5. The summed E-state index contributed by atoms with van der Waals surface area (Å²) in [5, 5.41) is 2.87. The second-order valence-corrected chi connectivity index (χ2v) is 5.99. The molecule has 0 saturated carbocycles. The van der Waals surface area contributed by atoms with Crippen LogP contribution in [0.15, 0.2) is 59.1 Å². The average Bonchev–Trinajstić information content (AvgIpc) is 2.55. The van der Waals surface area contributed by atoms with Gasteiger partial charge in [-0.05, 0) is 33.6 Å². The second kappa shape index (κ2) is 8.48. The molecule has 0 spiro atoms. The van der Waals surface area contributed by atoms with E-state index in [0.717, 1.165) is 15.7 Å². The molecule has 4 nitrogen and oxygen atoms in total. The molecule has 0 aliphatic heterocycles. The Balaban J connectivity index is 1.90. The predicted molar refractivity (Wildman–Crippen MR) is 95.1 cm³/mol. The minimum Gasteiger partial charge on any atom is -0.352 e. The molecule has 0 aliphatic carbocycles. The molecule has 2 aromatic carbocycles. The maximum absolute atomic E-state index is 12.0. The largest absolute Gasteiger partial charge is 0.352 e. The van der Waals surface area contributed by atoms with Crippen LogP contribution < -0.4 is 10.2 Å². The SMILES string of the molecule is CC(=O)N(CCC(=O)NCc1ccccc1)c1ccccc1Br. The fourth-order valence-corrected chi connectivity index (χ4v) is 2.72. The fraction of sp³-hybridized carbons (Fsp3) is 0.222. The summed E-state index contributed by atoms with van der Waals surface area (Å²) in [5.74, 6) is -0.167. The Bertz CT molecular complexity index is 674. The highest BCUT2D eigenvalue weighted by Gasteiger charge is 2.15. The van der Waals surface area contributed by atoms with Gasteiger partial charge in [0.05, 0.1) is 5.69 Å². The number of nitrogens with zero attached hydrogens (tertiary/aromatic N) is 1. The maximum atomic E-state index is 12.0. The molecule has 0 aliphatic rings. The first kappa shape index (κ1) is 17.2. The Labute approximate surface area is 144 Å². The standard InChI is InChI=1S/C18H19BrN2O2/c1-14(22)21(17-10-6-5-9-16(17)19)12-11-18(23)20-13-15-7-3-2-4-8-15/h2-10H,11-13H2,1H3,(H,20,23). The molecule has 2 rings (SSSR count). The molecule has 2 aromatic rings. The molecule has 0 unspecified atom stereocenters. The third-order valence-corrected chi connectivity index (χ3v) is 4.09. The smallest absolute Gasteiger partial charge is 0.223 e. The monoisotopic (exact) mass is 374 g/mol. The van der Waals surface area contributed by atoms with Crippen LogP contribution in [0.2, 0.25) is 0 Å². The molecular formula is C18H19BrN2O2. The fourth-order valence-electron chi connectivity index (χ4n) is 2.22. The third kappa shape index (κ3) is 5.21. The van der Waals surface area contributed by atoms with Crippen LogP contribution in [-0.2, 0) is 16.1 Å². The third-order valence-electron chi connectivity index (χ3n) is 3.42. The van der Waals surface area contributed by atoms with E-state index in [2.05, 4.69) is 21.2 Å². The Morgan fingerprint density at radius 3 is 2.35 bits per heavy atom. The van der Waals surface area contributed by atoms with Gasteiger partial charge in [0.2, 0.25) is 11.8 Å². The molecule has 2 amide bonds. The van der Waals surface area contributed by atoms with Gasteiger partial charge < -0.3 is 10.2 Å². The Morgan fingerprint density at radius 2 is 1.70 bits per heavy atom. The summed E-state index contributed by atoms with van der Waals surface area (Å²) in [6.07, 6.45) is 0.258. The van der Waals surface area contributed by atoms with Gasteiger partial charge in [-0.25, -0.2) is 0 Å². The van der Waals surface area contributed by atoms with Crippen LogP contribution in [0, 0.1) is 0 Å². The Morgan fingerprint density at radius 1 is 1.04 bits per heavy atom. The van der Waals surface area contributed by atoms with E-state index in [1.54, 1.807) is 4.90 Å². The lowest BCUT2D eigenvalue weighted by Crippen LogP contribution is -2.33. The molecule has 0 aromatic heterocycles. The molecule has 0 bridgehead atoms. The molecule has 120 valence electrons. The summed E-state index contributed by atoms with van der Waals surface area (Å²) in [6, 6.07) is 17.2. The zero-order valence-electron chi connectivity index (χ0n) is 13.0. The van der Waals surface area contributed by atoms with Gasteiger partial charge in [0.25, 0.3) is 0 Å². The van der Waals surface area contributed by atoms with Crippen molar-refractivity contribution in [2.24, 2.45) is 0 Å². The zero-order chi connectivity index (χ0) is 16.7. The van der Waals surface area contributed by atoms with E-state index in [1.165, 1.54) is 6.92 Å². The lowest BCUT2D eigenvalue weighted by Gasteiger charge is -2.22. The first-order valence-electron chi connectivity index (χ1n) is 7.41. The molecule has 0 heterocycles. The van der Waals surface area contributed by atoms with Crippen molar-refractivity contribution in [2.45, 2.75) is 19.9 Å². The number of nitrogens with one attached hydrogen (secondary N) is 1. The lowest BCUT2D eigenvalue weighted by atomic mass is 10.2. The van der Waals surface area contributed by atoms with Crippen LogP contribution in [0.25, 0.3) is 0 Å². The Hall–Kier alpha value is -2.14. The van der Waals surface area contributed by atoms with Crippen LogP contribution in [0.1, 0.15) is 18.9 Å². The van der Waals surface area contributed by atoms with Gasteiger partial charge in [0, 0.05) is 30.9 Å². The van der Waals surface area contributed by atoms with E-state index in [0.29, 0.717) is 13.1 Å². The quantitative estimate of drug-likeness (QED) is 0.840. The summed E-state index contributed by atoms with van der Waals surface area (Å²) in [5.41, 5.74) is 1.82. The van der Waals surface area contributed by atoms with E-state index in [9.17, 15) is 9.59 Å². The average molecular weight is 375 g/mol. The van der Waals surface area contributed by atoms with Crippen molar-refractivity contribution < 1.29 is 9.59 Å². The summed E-state index contributed by atoms with van der Waals surface area (Å²) in [6.45, 7) is 2.34. The molecular weight excluding hydrogens is 356 g/mol. The van der Waals surface area contributed by atoms with Crippen LogP contribution in [0.4, 0.5) is 5.69 Å². The number of halogens is 1. The van der Waals surface area contributed by atoms with Crippen molar-refractivity contribution in [1.82, 2.24) is 5.32 Å². The van der Waals surface area contributed by atoms with Crippen molar-refractivity contribution in [3.8, 4) is 0 Å². The van der Waals surface area contributed by atoms with Crippen LogP contribution in [-0.4, -0.2) is 18.4 Å². The number of anilines is 1. The predicted octanol–water partition coefficient (Wildman–Crippen LogP) is 3.51. The molecule has 23 heavy (non-hydrogen) atoms. The summed E-state index contributed by atoms with van der Waals surface area (Å²) >= 11 is 3.44. The van der Waals surface area contributed by atoms with Gasteiger partial charge in [-0.3, -0.25) is 9.59 Å². The highest BCUT2D eigenvalue weighted by Crippen LogP contribution is 2.25. The van der Waals surface area contributed by atoms with E-state index < -0.39 is 0 Å². The van der Waals surface area contributed by atoms with Gasteiger partial charge in [0.1, 0.15) is 0 Å². The van der Waals surface area contributed by atoms with Crippen LogP contribution >= 0.6 is 15.9 Å². The summed E-state index contributed by atoms with van der Waals surface area (Å²) in [7, 11) is 0. The first-order chi connectivity index (χ1) is 11.1. The number of carbonyl (C=O) groups is 2. The van der Waals surface area contributed by atoms with Crippen LogP contribution in [0.5, 0.6) is 0 Å². The highest BCUT2D eigenvalue weighted by molar-refractivity contribution is 9.10. The van der Waals surface area contributed by atoms with Gasteiger partial charge in [0.15, 0.2) is 0 Å². The van der Waals surface area contributed by atoms with E-state index in [4.69, 9.17) is 0 Å². The molecule has 1 N–H and O–H groups in total. The number of amides is 2. The van der Waals surface area contributed by atoms with E-state index in [1.807, 2.05) is 54.6 Å². The minimum atomic E-state index is -0.0900. The van der Waals surface area contributed by atoms with Gasteiger partial charge in [-0.1, -0.05) is 42.5 Å². The molecule has 5 heteroatoms. The number of hydrogen-bond donors (Lipinski definition) is 1. The van der Waals surface area contributed by atoms with Gasteiger partial charge in [-0.15, -0.1) is 0 Å². The van der Waals surface area contributed by atoms with Crippen molar-refractivity contribution >= 4 is 33.4 Å². The number of benzene rings is 2. The molecule has 0 atom stereocenters. The maximum Gasteiger partial charge on any atom is 0.223 e. The van der Waals surface area contributed by atoms with Gasteiger partial charge >= 0.3 is 0 Å². The molecule has 0 saturated heterocycles. The van der Waals surface area contributed by atoms with Crippen molar-refractivity contribution in [1.29, 1.82) is 0 Å². The molecule has 0 fully saturated rings. The van der Waals surface area contributed by atoms with Gasteiger partial charge in [-0.2, -0.15) is 0 Å². The number of hydrogen-bond acceptors (Lipinski definition) is 2. The first-order valence-corrected chi connectivity index (χ1v) is 8.20. The summed E-state index contributed by atoms with van der Waals surface area (Å²) < 4.78 is 0.833. The topological polar surface area (TPSA) is 49.4 Å². The van der Waals surface area contributed by atoms with Crippen LogP contribution in [0.3, 0.4) is 0 Å². The Kier molecular flexibility index (Phi) is 6.35. The van der Waals surface area contributed by atoms with E-state index >= 15 is 0 Å². The highest BCUT2D eigenvalue weighted by atomic mass is 79.9. The zero-order valence-corrected chi connectivity index (χ0v) is 14.5. The van der Waals surface area contributed by atoms with Crippen molar-refractivity contribution in [2.75, 3.05) is 11.4 Å². The van der Waals surface area contributed by atoms with E-state index in [-0.39, 0.29) is 18.2 Å². The lowest BCUT2D eigenvalue weighted by molar-refractivity contribution is -0.121. The second-order valence-electron chi connectivity index (χ2n) is 5.13. The number of carbonyl (C=O) groups excluding carboxylic acids is 2.